The monoisotopic (exact) mass is 508 g/mol. The van der Waals surface area contributed by atoms with Gasteiger partial charge in [0.05, 0.1) is 17.5 Å². The number of hydrogen-bond donors (Lipinski definition) is 2. The van der Waals surface area contributed by atoms with E-state index in [1.165, 1.54) is 12.3 Å². The predicted octanol–water partition coefficient (Wildman–Crippen LogP) is 3.93. The summed E-state index contributed by atoms with van der Waals surface area (Å²) in [5.74, 6) is -1.28. The molecule has 0 aliphatic carbocycles. The lowest BCUT2D eigenvalue weighted by Gasteiger charge is -2.21. The summed E-state index contributed by atoms with van der Waals surface area (Å²) < 4.78 is 35.4. The molecule has 2 N–H and O–H groups in total. The zero-order chi connectivity index (χ0) is 25.2. The molecule has 2 atom stereocenters. The first kappa shape index (κ1) is 23.4. The number of dihydropyridines is 1. The van der Waals surface area contributed by atoms with Gasteiger partial charge < -0.3 is 9.30 Å². The molecule has 182 valence electrons. The molecule has 2 aromatic heterocycles. The molecule has 0 radical (unpaired) electrons. The molecule has 0 fully saturated rings. The molecule has 1 aromatic carbocycles. The lowest BCUT2D eigenvalue weighted by atomic mass is 10.1. The van der Waals surface area contributed by atoms with Crippen molar-refractivity contribution in [1.29, 1.82) is 0 Å². The number of urea groups is 1. The van der Waals surface area contributed by atoms with E-state index < -0.39 is 29.1 Å². The van der Waals surface area contributed by atoms with Gasteiger partial charge in [-0.2, -0.15) is 0 Å². The first-order valence-electron chi connectivity index (χ1n) is 10.7. The Morgan fingerprint density at radius 3 is 2.64 bits per heavy atom. The second-order valence-electron chi connectivity index (χ2n) is 7.78. The van der Waals surface area contributed by atoms with E-state index in [0.29, 0.717) is 11.5 Å². The van der Waals surface area contributed by atoms with Crippen LogP contribution >= 0.6 is 11.8 Å². The predicted molar refractivity (Wildman–Crippen MR) is 131 cm³/mol. The zero-order valence-corrected chi connectivity index (χ0v) is 19.5. The third-order valence-corrected chi connectivity index (χ3v) is 6.67. The average Bonchev–Trinajstić information content (AvgIpc) is 3.46. The second-order valence-corrected chi connectivity index (χ2v) is 8.96. The number of rotatable bonds is 5. The van der Waals surface area contributed by atoms with E-state index in [-0.39, 0.29) is 17.1 Å². The number of pyridine rings is 1. The fourth-order valence-corrected chi connectivity index (χ4v) is 4.97. The number of nitrogens with one attached hydrogen (secondary N) is 2. The summed E-state index contributed by atoms with van der Waals surface area (Å²) in [6.07, 6.45) is 10.6. The Bertz CT molecular complexity index is 1410. The number of nitrogens with zero attached hydrogens (tertiary/aromatic N) is 4. The highest BCUT2D eigenvalue weighted by molar-refractivity contribution is 8.09. The van der Waals surface area contributed by atoms with Crippen LogP contribution in [-0.4, -0.2) is 44.0 Å². The fourth-order valence-electron chi connectivity index (χ4n) is 3.65. The Labute approximate surface area is 208 Å². The molecule has 36 heavy (non-hydrogen) atoms. The van der Waals surface area contributed by atoms with Gasteiger partial charge in [-0.3, -0.25) is 20.4 Å². The van der Waals surface area contributed by atoms with Crippen LogP contribution in [0.15, 0.2) is 71.8 Å². The molecule has 5 rings (SSSR count). The number of ether oxygens (including phenoxy) is 1. The number of allylic oxidation sites excluding steroid dienone is 1. The standard InChI is InChI=1S/C24H18F2N6O3S/c1-32-10-9-28-22(32)18-11-16-21(36-18)17(7-8-27-16)35-13-5-6-19(29-12-13)30-24(34)31-23(33)20-14(25)3-2-4-15(20)26/h2-12,16,21H,1H3,(H2,29,30,31,33,34). The molecule has 3 aromatic rings. The largest absolute Gasteiger partial charge is 0.459 e. The van der Waals surface area contributed by atoms with Crippen LogP contribution in [0.25, 0.3) is 4.91 Å². The van der Waals surface area contributed by atoms with Gasteiger partial charge in [0.25, 0.3) is 5.91 Å². The number of amides is 3. The van der Waals surface area contributed by atoms with Crippen LogP contribution in [0, 0.1) is 11.6 Å². The summed E-state index contributed by atoms with van der Waals surface area (Å²) in [4.78, 5) is 38.2. The van der Waals surface area contributed by atoms with E-state index in [0.717, 1.165) is 28.9 Å². The molecule has 12 heteroatoms. The van der Waals surface area contributed by atoms with Crippen LogP contribution < -0.4 is 15.4 Å². The third kappa shape index (κ3) is 4.75. The Hall–Kier alpha value is -4.32. The Morgan fingerprint density at radius 2 is 1.94 bits per heavy atom. The van der Waals surface area contributed by atoms with Gasteiger partial charge in [0, 0.05) is 30.6 Å². The Balaban J connectivity index is 1.20. The number of imide groups is 1. The highest BCUT2D eigenvalue weighted by atomic mass is 32.2. The van der Waals surface area contributed by atoms with Crippen molar-refractivity contribution < 1.29 is 23.1 Å². The van der Waals surface area contributed by atoms with Crippen LogP contribution in [0.2, 0.25) is 0 Å². The van der Waals surface area contributed by atoms with Gasteiger partial charge in [-0.1, -0.05) is 6.07 Å². The Morgan fingerprint density at radius 1 is 1.14 bits per heavy atom. The van der Waals surface area contributed by atoms with Crippen molar-refractivity contribution in [2.45, 2.75) is 11.3 Å². The number of aryl methyl sites for hydroxylation is 1. The lowest BCUT2D eigenvalue weighted by molar-refractivity contribution is 0.0959. The molecule has 0 bridgehead atoms. The number of carbonyl (C=O) groups excluding carboxylic acids is 2. The number of anilines is 1. The van der Waals surface area contributed by atoms with Crippen molar-refractivity contribution in [2.75, 3.05) is 5.32 Å². The minimum absolute atomic E-state index is 0.0601. The normalized spacial score (nSPS) is 18.2. The van der Waals surface area contributed by atoms with Crippen molar-refractivity contribution in [3.8, 4) is 5.75 Å². The highest BCUT2D eigenvalue weighted by Gasteiger charge is 2.35. The van der Waals surface area contributed by atoms with Crippen molar-refractivity contribution in [1.82, 2.24) is 19.9 Å². The number of benzene rings is 1. The number of aromatic nitrogens is 3. The minimum Gasteiger partial charge on any atom is -0.459 e. The van der Waals surface area contributed by atoms with Crippen LogP contribution in [0.3, 0.4) is 0 Å². The molecule has 0 saturated heterocycles. The molecule has 0 spiro atoms. The molecule has 2 aliphatic rings. The fraction of sp³-hybridized carbons (Fsp3) is 0.125. The average molecular weight is 509 g/mol. The summed E-state index contributed by atoms with van der Waals surface area (Å²) in [6.45, 7) is 0. The van der Waals surface area contributed by atoms with Crippen LogP contribution in [0.4, 0.5) is 19.4 Å². The Kier molecular flexibility index (Phi) is 6.34. The van der Waals surface area contributed by atoms with Crippen molar-refractivity contribution >= 4 is 40.6 Å². The van der Waals surface area contributed by atoms with E-state index in [1.807, 2.05) is 23.1 Å². The van der Waals surface area contributed by atoms with Gasteiger partial charge in [-0.15, -0.1) is 11.8 Å². The summed E-state index contributed by atoms with van der Waals surface area (Å²) >= 11 is 1.61. The molecule has 0 saturated carbocycles. The second kappa shape index (κ2) is 9.74. The maximum Gasteiger partial charge on any atom is 0.327 e. The van der Waals surface area contributed by atoms with E-state index in [4.69, 9.17) is 4.74 Å². The molecule has 9 nitrogen and oxygen atoms in total. The van der Waals surface area contributed by atoms with Gasteiger partial charge in [-0.05, 0) is 36.4 Å². The van der Waals surface area contributed by atoms with E-state index in [2.05, 4.69) is 26.4 Å². The number of aliphatic imine (C=N–C) groups is 1. The number of fused-ring (bicyclic) bond motifs is 1. The molecular formula is C24H18F2N6O3S. The van der Waals surface area contributed by atoms with Crippen LogP contribution in [0.5, 0.6) is 5.75 Å². The summed E-state index contributed by atoms with van der Waals surface area (Å²) in [7, 11) is 1.93. The van der Waals surface area contributed by atoms with Gasteiger partial charge in [0.2, 0.25) is 0 Å². The number of hydrogen-bond acceptors (Lipinski definition) is 7. The number of carbonyl (C=O) groups is 2. The third-order valence-electron chi connectivity index (χ3n) is 5.34. The van der Waals surface area contributed by atoms with Crippen molar-refractivity contribution in [3.63, 3.8) is 0 Å². The summed E-state index contributed by atoms with van der Waals surface area (Å²) in [5.41, 5.74) is -0.850. The maximum atomic E-state index is 13.7. The minimum atomic E-state index is -1.21. The van der Waals surface area contributed by atoms with Gasteiger partial charge in [-0.25, -0.2) is 23.5 Å². The number of imidazole rings is 1. The van der Waals surface area contributed by atoms with Crippen molar-refractivity contribution in [2.24, 2.45) is 12.0 Å². The summed E-state index contributed by atoms with van der Waals surface area (Å²) in [6, 6.07) is 4.94. The summed E-state index contributed by atoms with van der Waals surface area (Å²) in [5, 5.41) is 4.15. The van der Waals surface area contributed by atoms with E-state index in [1.54, 1.807) is 36.3 Å². The number of thioether (sulfide) groups is 1. The van der Waals surface area contributed by atoms with Gasteiger partial charge in [0.1, 0.15) is 40.3 Å². The van der Waals surface area contributed by atoms with Crippen molar-refractivity contribution in [3.05, 3.63) is 89.9 Å². The quantitative estimate of drug-likeness (QED) is 0.541. The maximum absolute atomic E-state index is 13.7. The molecular weight excluding hydrogens is 490 g/mol. The van der Waals surface area contributed by atoms with Gasteiger partial charge >= 0.3 is 6.03 Å². The van der Waals surface area contributed by atoms with Crippen LogP contribution in [-0.2, 0) is 7.05 Å². The topological polar surface area (TPSA) is 110 Å². The van der Waals surface area contributed by atoms with Crippen LogP contribution in [0.1, 0.15) is 16.2 Å². The zero-order valence-electron chi connectivity index (χ0n) is 18.7. The number of halogens is 2. The molecule has 2 unspecified atom stereocenters. The molecule has 3 amide bonds. The smallest absolute Gasteiger partial charge is 0.327 e. The highest BCUT2D eigenvalue weighted by Crippen LogP contribution is 2.44. The first-order chi connectivity index (χ1) is 17.4. The first-order valence-corrected chi connectivity index (χ1v) is 11.6. The lowest BCUT2D eigenvalue weighted by Crippen LogP contribution is -2.35. The molecule has 2 aliphatic heterocycles. The molecule has 4 heterocycles. The van der Waals surface area contributed by atoms with E-state index in [9.17, 15) is 18.4 Å². The SMILES string of the molecule is Cn1ccnc1C1=CC2N=CC=C(Oc3ccc(NC(=O)NC(=O)c4c(F)cccc4F)nc3)C2S1. The van der Waals surface area contributed by atoms with E-state index >= 15 is 0 Å². The van der Waals surface area contributed by atoms with Gasteiger partial charge in [0.15, 0.2) is 0 Å².